The van der Waals surface area contributed by atoms with Crippen LogP contribution in [0.4, 0.5) is 11.4 Å². The Bertz CT molecular complexity index is 525. The number of rotatable bonds is 7. The Morgan fingerprint density at radius 2 is 2.15 bits per heavy atom. The predicted octanol–water partition coefficient (Wildman–Crippen LogP) is 4.68. The molecule has 1 aromatic heterocycles. The van der Waals surface area contributed by atoms with Crippen LogP contribution in [0.2, 0.25) is 0 Å². The van der Waals surface area contributed by atoms with Gasteiger partial charge in [-0.2, -0.15) is 0 Å². The molecule has 0 fully saturated rings. The second kappa shape index (κ2) is 7.20. The van der Waals surface area contributed by atoms with Gasteiger partial charge in [0, 0.05) is 28.4 Å². The maximum absolute atomic E-state index is 5.95. The number of thiophene rings is 1. The standard InChI is InChI=1S/C16H22N2OS/c1-3-7-19-14-10-12(17)9-13(11-14)18-15(4-2)16-6-5-8-20-16/h5-6,8-11,15,18H,3-4,7,17H2,1-2H3. The molecule has 0 bridgehead atoms. The molecule has 2 rings (SSSR count). The normalized spacial score (nSPS) is 12.1. The van der Waals surface area contributed by atoms with Crippen LogP contribution >= 0.6 is 11.3 Å². The van der Waals surface area contributed by atoms with Crippen LogP contribution in [-0.4, -0.2) is 6.61 Å². The zero-order valence-corrected chi connectivity index (χ0v) is 12.9. The lowest BCUT2D eigenvalue weighted by Gasteiger charge is -2.18. The van der Waals surface area contributed by atoms with Crippen LogP contribution in [-0.2, 0) is 0 Å². The highest BCUT2D eigenvalue weighted by atomic mass is 32.1. The minimum Gasteiger partial charge on any atom is -0.493 e. The van der Waals surface area contributed by atoms with Gasteiger partial charge in [0.15, 0.2) is 0 Å². The summed E-state index contributed by atoms with van der Waals surface area (Å²) in [7, 11) is 0. The molecule has 0 aliphatic rings. The molecular formula is C16H22N2OS. The minimum atomic E-state index is 0.316. The summed E-state index contributed by atoms with van der Waals surface area (Å²) >= 11 is 1.77. The van der Waals surface area contributed by atoms with Crippen LogP contribution in [0.15, 0.2) is 35.7 Å². The molecule has 0 radical (unpaired) electrons. The van der Waals surface area contributed by atoms with Crippen molar-refractivity contribution in [2.24, 2.45) is 0 Å². The second-order valence-corrected chi connectivity index (χ2v) is 5.74. The van der Waals surface area contributed by atoms with Crippen molar-refractivity contribution in [2.45, 2.75) is 32.7 Å². The van der Waals surface area contributed by atoms with Crippen LogP contribution in [0, 0.1) is 0 Å². The summed E-state index contributed by atoms with van der Waals surface area (Å²) in [6.45, 7) is 4.98. The summed E-state index contributed by atoms with van der Waals surface area (Å²) in [6.07, 6.45) is 2.02. The number of nitrogens with one attached hydrogen (secondary N) is 1. The van der Waals surface area contributed by atoms with Crippen LogP contribution in [0.5, 0.6) is 5.75 Å². The number of benzene rings is 1. The molecule has 0 aliphatic carbocycles. The highest BCUT2D eigenvalue weighted by Gasteiger charge is 2.11. The van der Waals surface area contributed by atoms with E-state index in [-0.39, 0.29) is 0 Å². The molecule has 1 heterocycles. The highest BCUT2D eigenvalue weighted by Crippen LogP contribution is 2.29. The van der Waals surface area contributed by atoms with Gasteiger partial charge in [0.2, 0.25) is 0 Å². The topological polar surface area (TPSA) is 47.3 Å². The fourth-order valence-corrected chi connectivity index (χ4v) is 2.94. The molecular weight excluding hydrogens is 268 g/mol. The first-order valence-corrected chi connectivity index (χ1v) is 7.94. The lowest BCUT2D eigenvalue weighted by molar-refractivity contribution is 0.318. The summed E-state index contributed by atoms with van der Waals surface area (Å²) in [5.74, 6) is 0.829. The third-order valence-electron chi connectivity index (χ3n) is 3.04. The van der Waals surface area contributed by atoms with E-state index in [2.05, 4.69) is 36.7 Å². The Labute approximate surface area is 124 Å². The van der Waals surface area contributed by atoms with Crippen molar-refractivity contribution in [3.8, 4) is 5.75 Å². The predicted molar refractivity (Wildman–Crippen MR) is 87.6 cm³/mol. The Morgan fingerprint density at radius 1 is 1.30 bits per heavy atom. The first-order valence-electron chi connectivity index (χ1n) is 7.06. The molecule has 3 N–H and O–H groups in total. The summed E-state index contributed by atoms with van der Waals surface area (Å²) in [5.41, 5.74) is 7.68. The van der Waals surface area contributed by atoms with Crippen LogP contribution in [0.1, 0.15) is 37.6 Å². The number of anilines is 2. The molecule has 108 valence electrons. The Hall–Kier alpha value is -1.68. The molecule has 1 atom stereocenters. The third-order valence-corrected chi connectivity index (χ3v) is 4.02. The van der Waals surface area contributed by atoms with E-state index >= 15 is 0 Å². The van der Waals surface area contributed by atoms with Gasteiger partial charge in [0.05, 0.1) is 12.6 Å². The quantitative estimate of drug-likeness (QED) is 0.728. The number of nitrogens with two attached hydrogens (primary N) is 1. The molecule has 4 heteroatoms. The lowest BCUT2D eigenvalue weighted by atomic mass is 10.1. The SMILES string of the molecule is CCCOc1cc(N)cc(NC(CC)c2cccs2)c1. The second-order valence-electron chi connectivity index (χ2n) is 4.76. The van der Waals surface area contributed by atoms with E-state index < -0.39 is 0 Å². The fourth-order valence-electron chi connectivity index (χ4n) is 2.07. The average molecular weight is 290 g/mol. The average Bonchev–Trinajstić information content (AvgIpc) is 2.96. The molecule has 0 spiro atoms. The largest absolute Gasteiger partial charge is 0.493 e. The fraction of sp³-hybridized carbons (Fsp3) is 0.375. The van der Waals surface area contributed by atoms with Gasteiger partial charge in [-0.25, -0.2) is 0 Å². The van der Waals surface area contributed by atoms with Crippen molar-refractivity contribution in [1.82, 2.24) is 0 Å². The van der Waals surface area contributed by atoms with Crippen LogP contribution in [0.3, 0.4) is 0 Å². The van der Waals surface area contributed by atoms with E-state index in [0.29, 0.717) is 12.6 Å². The summed E-state index contributed by atoms with van der Waals surface area (Å²) < 4.78 is 5.67. The Balaban J connectivity index is 2.13. The Kier molecular flexibility index (Phi) is 5.30. The van der Waals surface area contributed by atoms with Gasteiger partial charge in [-0.3, -0.25) is 0 Å². The molecule has 0 saturated heterocycles. The van der Waals surface area contributed by atoms with Gasteiger partial charge in [0.1, 0.15) is 5.75 Å². The molecule has 0 saturated carbocycles. The van der Waals surface area contributed by atoms with Crippen molar-refractivity contribution < 1.29 is 4.74 Å². The zero-order valence-electron chi connectivity index (χ0n) is 12.1. The number of hydrogen-bond acceptors (Lipinski definition) is 4. The van der Waals surface area contributed by atoms with E-state index in [1.165, 1.54) is 4.88 Å². The van der Waals surface area contributed by atoms with Crippen molar-refractivity contribution in [3.63, 3.8) is 0 Å². The third kappa shape index (κ3) is 3.90. The first-order chi connectivity index (χ1) is 9.72. The monoisotopic (exact) mass is 290 g/mol. The van der Waals surface area contributed by atoms with Crippen molar-refractivity contribution >= 4 is 22.7 Å². The first kappa shape index (κ1) is 14.7. The van der Waals surface area contributed by atoms with Crippen molar-refractivity contribution in [2.75, 3.05) is 17.7 Å². The van der Waals surface area contributed by atoms with E-state index in [4.69, 9.17) is 10.5 Å². The van der Waals surface area contributed by atoms with Gasteiger partial charge in [0.25, 0.3) is 0 Å². The van der Waals surface area contributed by atoms with E-state index in [0.717, 1.165) is 30.0 Å². The van der Waals surface area contributed by atoms with Gasteiger partial charge in [-0.05, 0) is 30.4 Å². The zero-order chi connectivity index (χ0) is 14.4. The van der Waals surface area contributed by atoms with E-state index in [1.54, 1.807) is 11.3 Å². The molecule has 20 heavy (non-hydrogen) atoms. The smallest absolute Gasteiger partial charge is 0.123 e. The lowest BCUT2D eigenvalue weighted by Crippen LogP contribution is -2.08. The maximum atomic E-state index is 5.95. The molecule has 1 aromatic carbocycles. The summed E-state index contributed by atoms with van der Waals surface area (Å²) in [4.78, 5) is 1.34. The van der Waals surface area contributed by atoms with Gasteiger partial charge >= 0.3 is 0 Å². The van der Waals surface area contributed by atoms with Gasteiger partial charge < -0.3 is 15.8 Å². The minimum absolute atomic E-state index is 0.316. The molecule has 1 unspecified atom stereocenters. The maximum Gasteiger partial charge on any atom is 0.123 e. The van der Waals surface area contributed by atoms with Crippen LogP contribution in [0.25, 0.3) is 0 Å². The summed E-state index contributed by atoms with van der Waals surface area (Å²) in [6, 6.07) is 10.4. The van der Waals surface area contributed by atoms with Crippen molar-refractivity contribution in [3.05, 3.63) is 40.6 Å². The van der Waals surface area contributed by atoms with Gasteiger partial charge in [-0.1, -0.05) is 19.9 Å². The number of hydrogen-bond donors (Lipinski definition) is 2. The van der Waals surface area contributed by atoms with Gasteiger partial charge in [-0.15, -0.1) is 11.3 Å². The molecule has 3 nitrogen and oxygen atoms in total. The Morgan fingerprint density at radius 3 is 2.80 bits per heavy atom. The van der Waals surface area contributed by atoms with Crippen LogP contribution < -0.4 is 15.8 Å². The molecule has 0 amide bonds. The summed E-state index contributed by atoms with van der Waals surface area (Å²) in [5, 5.41) is 5.65. The number of nitrogen functional groups attached to an aromatic ring is 1. The van der Waals surface area contributed by atoms with E-state index in [1.807, 2.05) is 18.2 Å². The van der Waals surface area contributed by atoms with Crippen molar-refractivity contribution in [1.29, 1.82) is 0 Å². The highest BCUT2D eigenvalue weighted by molar-refractivity contribution is 7.10. The molecule has 2 aromatic rings. The molecule has 0 aliphatic heterocycles. The number of ether oxygens (including phenoxy) is 1. The van der Waals surface area contributed by atoms with E-state index in [9.17, 15) is 0 Å².